The van der Waals surface area contributed by atoms with E-state index in [9.17, 15) is 14.9 Å². The summed E-state index contributed by atoms with van der Waals surface area (Å²) in [5.74, 6) is 0.140. The summed E-state index contributed by atoms with van der Waals surface area (Å²) in [6.07, 6.45) is 1.98. The van der Waals surface area contributed by atoms with Gasteiger partial charge in [0.05, 0.1) is 4.92 Å². The molecular formula is C12H15BrN4O4. The minimum Gasteiger partial charge on any atom is -0.465 e. The third kappa shape index (κ3) is 4.03. The molecular weight excluding hydrogens is 344 g/mol. The van der Waals surface area contributed by atoms with E-state index in [4.69, 9.17) is 5.11 Å². The molecule has 1 aromatic rings. The molecule has 114 valence electrons. The van der Waals surface area contributed by atoms with Gasteiger partial charge < -0.3 is 15.3 Å². The van der Waals surface area contributed by atoms with E-state index in [0.29, 0.717) is 29.9 Å². The summed E-state index contributed by atoms with van der Waals surface area (Å²) in [6, 6.07) is 1.55. The van der Waals surface area contributed by atoms with Crippen LogP contribution in [0.5, 0.6) is 0 Å². The number of carbonyl (C=O) groups is 1. The lowest BCUT2D eigenvalue weighted by atomic mass is 9.98. The Bertz CT molecular complexity index is 554. The molecule has 1 amide bonds. The maximum atomic E-state index is 11.0. The zero-order chi connectivity index (χ0) is 15.4. The highest BCUT2D eigenvalue weighted by Gasteiger charge is 2.24. The molecule has 2 heterocycles. The average molecular weight is 359 g/mol. The number of nitrogens with one attached hydrogen (secondary N) is 1. The predicted molar refractivity (Wildman–Crippen MR) is 79.4 cm³/mol. The maximum absolute atomic E-state index is 11.0. The number of pyridine rings is 1. The van der Waals surface area contributed by atoms with Crippen molar-refractivity contribution in [2.75, 3.05) is 25.0 Å². The van der Waals surface area contributed by atoms with Crippen molar-refractivity contribution in [1.29, 1.82) is 0 Å². The normalized spacial score (nSPS) is 18.3. The molecule has 0 radical (unpaired) electrons. The van der Waals surface area contributed by atoms with E-state index in [1.165, 1.54) is 11.1 Å². The van der Waals surface area contributed by atoms with Crippen LogP contribution in [0.25, 0.3) is 0 Å². The molecule has 21 heavy (non-hydrogen) atoms. The lowest BCUT2D eigenvalue weighted by Gasteiger charge is -2.30. The predicted octanol–water partition coefficient (Wildman–Crippen LogP) is 2.55. The highest BCUT2D eigenvalue weighted by atomic mass is 79.9. The Morgan fingerprint density at radius 1 is 1.67 bits per heavy atom. The Kier molecular flexibility index (Phi) is 4.94. The number of amides is 1. The molecule has 9 heteroatoms. The van der Waals surface area contributed by atoms with Gasteiger partial charge in [-0.15, -0.1) is 0 Å². The van der Waals surface area contributed by atoms with Gasteiger partial charge in [0.25, 0.3) is 0 Å². The number of anilines is 1. The second-order valence-corrected chi connectivity index (χ2v) is 5.71. The van der Waals surface area contributed by atoms with Gasteiger partial charge in [0.2, 0.25) is 0 Å². The van der Waals surface area contributed by atoms with E-state index in [0.717, 1.165) is 12.8 Å². The van der Waals surface area contributed by atoms with Crippen LogP contribution in [-0.4, -0.2) is 45.6 Å². The minimum atomic E-state index is -0.919. The molecule has 1 aliphatic heterocycles. The third-order valence-corrected chi connectivity index (χ3v) is 3.85. The van der Waals surface area contributed by atoms with Gasteiger partial charge in [-0.05, 0) is 34.7 Å². The molecule has 0 aromatic carbocycles. The minimum absolute atomic E-state index is 0.0934. The number of aromatic nitrogens is 1. The molecule has 1 saturated heterocycles. The van der Waals surface area contributed by atoms with Gasteiger partial charge in [-0.1, -0.05) is 0 Å². The summed E-state index contributed by atoms with van der Waals surface area (Å²) in [5, 5.41) is 23.0. The van der Waals surface area contributed by atoms with Crippen LogP contribution in [0.4, 0.5) is 16.2 Å². The number of piperidine rings is 1. The zero-order valence-electron chi connectivity index (χ0n) is 11.2. The van der Waals surface area contributed by atoms with Crippen LogP contribution in [0.3, 0.4) is 0 Å². The number of likely N-dealkylation sites (tertiary alicyclic amines) is 1. The van der Waals surface area contributed by atoms with E-state index in [2.05, 4.69) is 26.2 Å². The zero-order valence-corrected chi connectivity index (χ0v) is 12.7. The summed E-state index contributed by atoms with van der Waals surface area (Å²) in [7, 11) is 0. The average Bonchev–Trinajstić information content (AvgIpc) is 2.45. The van der Waals surface area contributed by atoms with Crippen LogP contribution >= 0.6 is 15.9 Å². The Balaban J connectivity index is 2.01. The Morgan fingerprint density at radius 3 is 3.10 bits per heavy atom. The first kappa shape index (κ1) is 15.5. The Morgan fingerprint density at radius 2 is 2.43 bits per heavy atom. The van der Waals surface area contributed by atoms with Gasteiger partial charge in [-0.3, -0.25) is 10.1 Å². The second-order valence-electron chi connectivity index (χ2n) is 4.90. The van der Waals surface area contributed by atoms with Crippen molar-refractivity contribution in [3.63, 3.8) is 0 Å². The van der Waals surface area contributed by atoms with E-state index in [-0.39, 0.29) is 11.6 Å². The van der Waals surface area contributed by atoms with Gasteiger partial charge in [-0.2, -0.15) is 0 Å². The fourth-order valence-corrected chi connectivity index (χ4v) is 2.70. The Hall–Kier alpha value is -1.90. The summed E-state index contributed by atoms with van der Waals surface area (Å²) >= 11 is 3.18. The van der Waals surface area contributed by atoms with Crippen LogP contribution in [0.15, 0.2) is 16.9 Å². The number of halogens is 1. The number of nitrogens with zero attached hydrogens (tertiary/aromatic N) is 3. The molecule has 1 fully saturated rings. The first-order valence-corrected chi connectivity index (χ1v) is 7.28. The Labute approximate surface area is 129 Å². The van der Waals surface area contributed by atoms with Gasteiger partial charge in [-0.25, -0.2) is 9.78 Å². The SMILES string of the molecule is O=C(O)N1CCCC(CNc2cc(Br)ncc2[N+](=O)[O-])C1. The van der Waals surface area contributed by atoms with Gasteiger partial charge in [0.1, 0.15) is 16.5 Å². The lowest BCUT2D eigenvalue weighted by Crippen LogP contribution is -2.41. The van der Waals surface area contributed by atoms with E-state index in [1.807, 2.05) is 0 Å². The van der Waals surface area contributed by atoms with Crippen LogP contribution in [0.1, 0.15) is 12.8 Å². The summed E-state index contributed by atoms with van der Waals surface area (Å²) < 4.78 is 0.506. The molecule has 1 atom stereocenters. The molecule has 2 N–H and O–H groups in total. The van der Waals surface area contributed by atoms with E-state index < -0.39 is 11.0 Å². The standard InChI is InChI=1S/C12H15BrN4O4/c13-11-4-9(10(6-15-11)17(20)21)14-5-8-2-1-3-16(7-8)12(18)19/h4,6,8H,1-3,5,7H2,(H,14,15)(H,18,19). The van der Waals surface area contributed by atoms with Crippen molar-refractivity contribution < 1.29 is 14.8 Å². The third-order valence-electron chi connectivity index (χ3n) is 3.42. The first-order chi connectivity index (χ1) is 9.97. The van der Waals surface area contributed by atoms with Crippen molar-refractivity contribution in [1.82, 2.24) is 9.88 Å². The van der Waals surface area contributed by atoms with Crippen molar-refractivity contribution in [3.05, 3.63) is 27.0 Å². The second kappa shape index (κ2) is 6.70. The van der Waals surface area contributed by atoms with Crippen LogP contribution < -0.4 is 5.32 Å². The number of nitro groups is 1. The highest BCUT2D eigenvalue weighted by Crippen LogP contribution is 2.27. The van der Waals surface area contributed by atoms with Gasteiger partial charge in [0.15, 0.2) is 0 Å². The van der Waals surface area contributed by atoms with Crippen LogP contribution in [0.2, 0.25) is 0 Å². The number of rotatable bonds is 4. The van der Waals surface area contributed by atoms with Crippen molar-refractivity contribution in [2.24, 2.45) is 5.92 Å². The first-order valence-electron chi connectivity index (χ1n) is 6.49. The summed E-state index contributed by atoms with van der Waals surface area (Å²) in [5.41, 5.74) is 0.290. The molecule has 0 spiro atoms. The van der Waals surface area contributed by atoms with Crippen molar-refractivity contribution in [2.45, 2.75) is 12.8 Å². The molecule has 1 unspecified atom stereocenters. The van der Waals surface area contributed by atoms with Crippen molar-refractivity contribution >= 4 is 33.4 Å². The van der Waals surface area contributed by atoms with E-state index in [1.54, 1.807) is 6.07 Å². The van der Waals surface area contributed by atoms with Crippen LogP contribution in [0, 0.1) is 16.0 Å². The maximum Gasteiger partial charge on any atom is 0.407 e. The van der Waals surface area contributed by atoms with Gasteiger partial charge in [0, 0.05) is 25.7 Å². The molecule has 8 nitrogen and oxygen atoms in total. The smallest absolute Gasteiger partial charge is 0.407 e. The quantitative estimate of drug-likeness (QED) is 0.486. The highest BCUT2D eigenvalue weighted by molar-refractivity contribution is 9.10. The molecule has 0 bridgehead atoms. The number of hydrogen-bond donors (Lipinski definition) is 2. The number of carboxylic acid groups (broad SMARTS) is 1. The lowest BCUT2D eigenvalue weighted by molar-refractivity contribution is -0.384. The molecule has 1 aromatic heterocycles. The summed E-state index contributed by atoms with van der Waals surface area (Å²) in [4.78, 5) is 26.6. The monoisotopic (exact) mass is 358 g/mol. The largest absolute Gasteiger partial charge is 0.465 e. The fourth-order valence-electron chi connectivity index (χ4n) is 2.37. The van der Waals surface area contributed by atoms with Gasteiger partial charge >= 0.3 is 11.8 Å². The fraction of sp³-hybridized carbons (Fsp3) is 0.500. The van der Waals surface area contributed by atoms with Crippen LogP contribution in [-0.2, 0) is 0 Å². The summed E-state index contributed by atoms with van der Waals surface area (Å²) in [6.45, 7) is 1.48. The molecule has 1 aliphatic rings. The molecule has 2 rings (SSSR count). The molecule has 0 saturated carbocycles. The molecule has 0 aliphatic carbocycles. The van der Waals surface area contributed by atoms with E-state index >= 15 is 0 Å². The van der Waals surface area contributed by atoms with Crippen molar-refractivity contribution in [3.8, 4) is 0 Å². The topological polar surface area (TPSA) is 109 Å². The number of hydrogen-bond acceptors (Lipinski definition) is 5.